The molecule has 7 heteroatoms. The van der Waals surface area contributed by atoms with Crippen LogP contribution in [0.25, 0.3) is 0 Å². The fourth-order valence-electron chi connectivity index (χ4n) is 2.58. The number of anilines is 1. The maximum Gasteiger partial charge on any atom is 0.226 e. The van der Waals surface area contributed by atoms with E-state index < -0.39 is 0 Å². The molecule has 0 aromatic heterocycles. The number of guanidine groups is 1. The number of carbonyl (C=O) groups excluding carboxylic acids is 1. The highest BCUT2D eigenvalue weighted by Crippen LogP contribution is 2.27. The zero-order chi connectivity index (χ0) is 21.2. The quantitative estimate of drug-likeness (QED) is 0.470. The molecule has 1 amide bonds. The molecule has 0 aliphatic carbocycles. The van der Waals surface area contributed by atoms with Crippen molar-refractivity contribution in [3.05, 3.63) is 53.6 Å². The van der Waals surface area contributed by atoms with Crippen LogP contribution in [0.15, 0.2) is 47.5 Å². The highest BCUT2D eigenvalue weighted by atomic mass is 16.5. The van der Waals surface area contributed by atoms with E-state index >= 15 is 0 Å². The van der Waals surface area contributed by atoms with Crippen molar-refractivity contribution in [2.24, 2.45) is 10.9 Å². The summed E-state index contributed by atoms with van der Waals surface area (Å²) >= 11 is 0. The first-order chi connectivity index (χ1) is 14.0. The van der Waals surface area contributed by atoms with E-state index in [0.717, 1.165) is 16.8 Å². The first-order valence-corrected chi connectivity index (χ1v) is 9.52. The van der Waals surface area contributed by atoms with Gasteiger partial charge in [-0.2, -0.15) is 0 Å². The minimum atomic E-state index is -0.0450. The van der Waals surface area contributed by atoms with Gasteiger partial charge in [-0.1, -0.05) is 32.0 Å². The number of nitrogens with zero attached hydrogens (tertiary/aromatic N) is 1. The van der Waals surface area contributed by atoms with Crippen molar-refractivity contribution in [3.63, 3.8) is 0 Å². The number of methoxy groups -OCH3 is 2. The van der Waals surface area contributed by atoms with Gasteiger partial charge in [0.2, 0.25) is 5.91 Å². The molecule has 3 N–H and O–H groups in total. The first kappa shape index (κ1) is 22.1. The van der Waals surface area contributed by atoms with Crippen LogP contribution in [-0.4, -0.2) is 33.1 Å². The predicted molar refractivity (Wildman–Crippen MR) is 116 cm³/mol. The average Bonchev–Trinajstić information content (AvgIpc) is 2.74. The van der Waals surface area contributed by atoms with Gasteiger partial charge < -0.3 is 25.4 Å². The normalized spacial score (nSPS) is 11.2. The molecule has 2 aromatic carbocycles. The summed E-state index contributed by atoms with van der Waals surface area (Å²) in [5.74, 6) is 2.05. The van der Waals surface area contributed by atoms with Gasteiger partial charge in [-0.25, -0.2) is 0 Å². The van der Waals surface area contributed by atoms with Crippen molar-refractivity contribution in [1.82, 2.24) is 10.6 Å². The van der Waals surface area contributed by atoms with Crippen LogP contribution in [0.4, 0.5) is 5.69 Å². The van der Waals surface area contributed by atoms with E-state index in [4.69, 9.17) is 9.47 Å². The van der Waals surface area contributed by atoms with Crippen LogP contribution >= 0.6 is 0 Å². The largest absolute Gasteiger partial charge is 0.493 e. The molecule has 7 nitrogen and oxygen atoms in total. The van der Waals surface area contributed by atoms with E-state index in [1.54, 1.807) is 21.3 Å². The number of ether oxygens (including phenoxy) is 2. The molecule has 0 aliphatic heterocycles. The number of aliphatic imine (C=N–C) groups is 1. The predicted octanol–water partition coefficient (Wildman–Crippen LogP) is 3.16. The number of carbonyl (C=O) groups is 1. The highest BCUT2D eigenvalue weighted by molar-refractivity contribution is 5.92. The smallest absolute Gasteiger partial charge is 0.226 e. The summed E-state index contributed by atoms with van der Waals surface area (Å²) in [7, 11) is 4.97. The Labute approximate surface area is 172 Å². The van der Waals surface area contributed by atoms with Crippen LogP contribution in [0, 0.1) is 5.92 Å². The van der Waals surface area contributed by atoms with Gasteiger partial charge in [-0.05, 0) is 35.4 Å². The van der Waals surface area contributed by atoms with Gasteiger partial charge in [0.25, 0.3) is 0 Å². The Balaban J connectivity index is 1.87. The molecule has 156 valence electrons. The lowest BCUT2D eigenvalue weighted by Gasteiger charge is -2.14. The third-order valence-electron chi connectivity index (χ3n) is 4.34. The average molecular weight is 399 g/mol. The highest BCUT2D eigenvalue weighted by Gasteiger charge is 2.07. The first-order valence-electron chi connectivity index (χ1n) is 9.52. The van der Waals surface area contributed by atoms with Gasteiger partial charge in [0.15, 0.2) is 17.5 Å². The third-order valence-corrected chi connectivity index (χ3v) is 4.34. The minimum absolute atomic E-state index is 0.00985. The fourth-order valence-corrected chi connectivity index (χ4v) is 2.58. The van der Waals surface area contributed by atoms with E-state index in [9.17, 15) is 4.79 Å². The van der Waals surface area contributed by atoms with Crippen molar-refractivity contribution in [1.29, 1.82) is 0 Å². The van der Waals surface area contributed by atoms with Crippen LogP contribution in [0.1, 0.15) is 25.0 Å². The molecule has 0 radical (unpaired) electrons. The molecule has 0 spiro atoms. The topological polar surface area (TPSA) is 84.0 Å². The molecular formula is C22H30N4O3. The number of hydrogen-bond donors (Lipinski definition) is 3. The molecule has 29 heavy (non-hydrogen) atoms. The van der Waals surface area contributed by atoms with Crippen molar-refractivity contribution in [2.75, 3.05) is 26.6 Å². The van der Waals surface area contributed by atoms with Gasteiger partial charge >= 0.3 is 0 Å². The Morgan fingerprint density at radius 3 is 2.07 bits per heavy atom. The number of nitrogens with one attached hydrogen (secondary N) is 3. The van der Waals surface area contributed by atoms with Gasteiger partial charge in [0, 0.05) is 31.7 Å². The van der Waals surface area contributed by atoms with Gasteiger partial charge in [0.05, 0.1) is 14.2 Å². The van der Waals surface area contributed by atoms with Crippen LogP contribution < -0.4 is 25.4 Å². The number of amides is 1. The zero-order valence-electron chi connectivity index (χ0n) is 17.7. The van der Waals surface area contributed by atoms with E-state index in [0.29, 0.717) is 30.5 Å². The molecule has 0 saturated heterocycles. The Bertz CT molecular complexity index is 832. The molecule has 2 aromatic rings. The van der Waals surface area contributed by atoms with E-state index in [1.807, 2.05) is 56.3 Å². The summed E-state index contributed by atoms with van der Waals surface area (Å²) < 4.78 is 10.6. The maximum absolute atomic E-state index is 11.8. The van der Waals surface area contributed by atoms with Crippen molar-refractivity contribution >= 4 is 17.6 Å². The lowest BCUT2D eigenvalue weighted by Crippen LogP contribution is -2.36. The molecule has 2 rings (SSSR count). The summed E-state index contributed by atoms with van der Waals surface area (Å²) in [6, 6.07) is 13.5. The maximum atomic E-state index is 11.8. The molecule has 0 heterocycles. The summed E-state index contributed by atoms with van der Waals surface area (Å²) in [5, 5.41) is 9.45. The van der Waals surface area contributed by atoms with Gasteiger partial charge in [0.1, 0.15) is 0 Å². The fraction of sp³-hybridized carbons (Fsp3) is 0.364. The Morgan fingerprint density at radius 2 is 1.52 bits per heavy atom. The van der Waals surface area contributed by atoms with E-state index in [1.165, 1.54) is 0 Å². The second-order valence-electron chi connectivity index (χ2n) is 6.81. The molecule has 0 saturated carbocycles. The monoisotopic (exact) mass is 398 g/mol. The number of rotatable bonds is 8. The molecule has 0 bridgehead atoms. The van der Waals surface area contributed by atoms with Crippen molar-refractivity contribution in [3.8, 4) is 11.5 Å². The van der Waals surface area contributed by atoms with Crippen LogP contribution in [0.2, 0.25) is 0 Å². The Morgan fingerprint density at radius 1 is 0.931 bits per heavy atom. The molecule has 0 aliphatic rings. The minimum Gasteiger partial charge on any atom is -0.493 e. The van der Waals surface area contributed by atoms with E-state index in [-0.39, 0.29) is 11.8 Å². The van der Waals surface area contributed by atoms with Crippen LogP contribution in [0.3, 0.4) is 0 Å². The third kappa shape index (κ3) is 6.71. The van der Waals surface area contributed by atoms with Gasteiger partial charge in [-0.3, -0.25) is 9.79 Å². The molecule has 0 unspecified atom stereocenters. The Hall–Kier alpha value is -3.22. The molecule has 0 atom stereocenters. The zero-order valence-corrected chi connectivity index (χ0v) is 17.7. The summed E-state index contributed by atoms with van der Waals surface area (Å²) in [6.45, 7) is 4.95. The van der Waals surface area contributed by atoms with Crippen molar-refractivity contribution in [2.45, 2.75) is 26.9 Å². The van der Waals surface area contributed by atoms with Gasteiger partial charge in [-0.15, -0.1) is 0 Å². The molecule has 0 fully saturated rings. The SMILES string of the molecule is CN=C(NCc1ccc(NC(=O)C(C)C)cc1)NCc1ccc(OC)c(OC)c1. The standard InChI is InChI=1S/C22H30N4O3/c1-15(2)21(27)26-18-9-6-16(7-10-18)13-24-22(23-3)25-14-17-8-11-19(28-4)20(12-17)29-5/h6-12,15H,13-14H2,1-5H3,(H,26,27)(H2,23,24,25). The summed E-state index contributed by atoms with van der Waals surface area (Å²) in [5.41, 5.74) is 2.93. The van der Waals surface area contributed by atoms with Crippen LogP contribution in [0.5, 0.6) is 11.5 Å². The second-order valence-corrected chi connectivity index (χ2v) is 6.81. The van der Waals surface area contributed by atoms with Crippen molar-refractivity contribution < 1.29 is 14.3 Å². The summed E-state index contributed by atoms with van der Waals surface area (Å²) in [6.07, 6.45) is 0. The molecular weight excluding hydrogens is 368 g/mol. The van der Waals surface area contributed by atoms with E-state index in [2.05, 4.69) is 20.9 Å². The Kier molecular flexibility index (Phi) is 8.33. The second kappa shape index (κ2) is 10.9. The lowest BCUT2D eigenvalue weighted by atomic mass is 10.1. The lowest BCUT2D eigenvalue weighted by molar-refractivity contribution is -0.118. The van der Waals surface area contributed by atoms with Crippen LogP contribution in [-0.2, 0) is 17.9 Å². The number of benzene rings is 2. The number of hydrogen-bond acceptors (Lipinski definition) is 4. The summed E-state index contributed by atoms with van der Waals surface area (Å²) in [4.78, 5) is 16.0.